The summed E-state index contributed by atoms with van der Waals surface area (Å²) in [5, 5.41) is 27.1. The molecule has 21 heavy (non-hydrogen) atoms. The van der Waals surface area contributed by atoms with Crippen LogP contribution in [0.2, 0.25) is 5.02 Å². The maximum absolute atomic E-state index is 9.88. The van der Waals surface area contributed by atoms with Gasteiger partial charge in [-0.05, 0) is 40.6 Å². The van der Waals surface area contributed by atoms with E-state index in [0.717, 1.165) is 5.56 Å². The molecule has 0 saturated heterocycles. The minimum Gasteiger partial charge on any atom is -0.491 e. The number of hydrogen-bond donors (Lipinski definition) is 3. The molecule has 0 saturated carbocycles. The second kappa shape index (κ2) is 8.36. The first-order valence-corrected chi connectivity index (χ1v) is 7.94. The van der Waals surface area contributed by atoms with Crippen LogP contribution in [0, 0.1) is 0 Å². The fourth-order valence-electron chi connectivity index (χ4n) is 1.78. The average Bonchev–Trinajstić information content (AvgIpc) is 2.99. The largest absolute Gasteiger partial charge is 0.491 e. The van der Waals surface area contributed by atoms with E-state index in [9.17, 15) is 10.2 Å². The Morgan fingerprint density at radius 1 is 1.24 bits per heavy atom. The van der Waals surface area contributed by atoms with Crippen molar-refractivity contribution in [2.75, 3.05) is 19.7 Å². The van der Waals surface area contributed by atoms with Crippen molar-refractivity contribution in [2.24, 2.45) is 0 Å². The van der Waals surface area contributed by atoms with Gasteiger partial charge in [0.15, 0.2) is 0 Å². The Hall–Kier alpha value is -1.11. The van der Waals surface area contributed by atoms with E-state index in [4.69, 9.17) is 16.3 Å². The molecule has 1 heterocycles. The SMILES string of the molecule is OC(CNCC(O)c1ccsc1)COc1cccc(Cl)c1. The van der Waals surface area contributed by atoms with E-state index in [-0.39, 0.29) is 6.61 Å². The summed E-state index contributed by atoms with van der Waals surface area (Å²) in [5.41, 5.74) is 0.886. The number of rotatable bonds is 8. The van der Waals surface area contributed by atoms with Gasteiger partial charge in [0.05, 0.1) is 6.10 Å². The van der Waals surface area contributed by atoms with Crippen LogP contribution in [-0.4, -0.2) is 36.0 Å². The Bertz CT molecular complexity index is 535. The van der Waals surface area contributed by atoms with Crippen LogP contribution in [0.5, 0.6) is 5.75 Å². The lowest BCUT2D eigenvalue weighted by atomic mass is 10.2. The van der Waals surface area contributed by atoms with Crippen LogP contribution in [0.3, 0.4) is 0 Å². The summed E-state index contributed by atoms with van der Waals surface area (Å²) in [5.74, 6) is 0.625. The molecule has 0 bridgehead atoms. The fourth-order valence-corrected chi connectivity index (χ4v) is 2.66. The molecular formula is C15H18ClNO3S. The molecule has 0 fully saturated rings. The lowest BCUT2D eigenvalue weighted by molar-refractivity contribution is 0.0997. The number of hydrogen-bond acceptors (Lipinski definition) is 5. The van der Waals surface area contributed by atoms with Gasteiger partial charge in [-0.1, -0.05) is 17.7 Å². The molecule has 1 aromatic carbocycles. The highest BCUT2D eigenvalue weighted by Crippen LogP contribution is 2.17. The molecule has 0 amide bonds. The lowest BCUT2D eigenvalue weighted by Crippen LogP contribution is -2.33. The van der Waals surface area contributed by atoms with Gasteiger partial charge in [0.25, 0.3) is 0 Å². The smallest absolute Gasteiger partial charge is 0.120 e. The van der Waals surface area contributed by atoms with E-state index in [1.807, 2.05) is 16.8 Å². The molecule has 0 radical (unpaired) electrons. The van der Waals surface area contributed by atoms with Gasteiger partial charge in [0.2, 0.25) is 0 Å². The molecule has 0 spiro atoms. The number of aliphatic hydroxyl groups excluding tert-OH is 2. The lowest BCUT2D eigenvalue weighted by Gasteiger charge is -2.15. The quantitative estimate of drug-likeness (QED) is 0.697. The van der Waals surface area contributed by atoms with Crippen molar-refractivity contribution in [3.05, 3.63) is 51.7 Å². The van der Waals surface area contributed by atoms with E-state index in [0.29, 0.717) is 23.9 Å². The minimum atomic E-state index is -0.654. The topological polar surface area (TPSA) is 61.7 Å². The second-order valence-electron chi connectivity index (χ2n) is 4.65. The zero-order valence-electron chi connectivity index (χ0n) is 11.4. The predicted molar refractivity (Wildman–Crippen MR) is 85.1 cm³/mol. The molecule has 2 atom stereocenters. The number of nitrogens with one attached hydrogen (secondary N) is 1. The summed E-state index contributed by atoms with van der Waals surface area (Å²) < 4.78 is 5.44. The number of thiophene rings is 1. The minimum absolute atomic E-state index is 0.169. The number of ether oxygens (including phenoxy) is 1. The van der Waals surface area contributed by atoms with Gasteiger partial charge in [-0.15, -0.1) is 0 Å². The van der Waals surface area contributed by atoms with Gasteiger partial charge in [0.1, 0.15) is 18.5 Å². The van der Waals surface area contributed by atoms with Crippen LogP contribution in [0.15, 0.2) is 41.1 Å². The Kier molecular flexibility index (Phi) is 6.48. The standard InChI is InChI=1S/C15H18ClNO3S/c16-12-2-1-3-14(6-12)20-9-13(18)7-17-8-15(19)11-4-5-21-10-11/h1-6,10,13,15,17-19H,7-9H2. The number of benzene rings is 1. The Balaban J connectivity index is 1.64. The summed E-state index contributed by atoms with van der Waals surface area (Å²) in [6, 6.07) is 8.92. The first-order valence-electron chi connectivity index (χ1n) is 6.62. The van der Waals surface area contributed by atoms with E-state index >= 15 is 0 Å². The third kappa shape index (κ3) is 5.65. The fraction of sp³-hybridized carbons (Fsp3) is 0.333. The molecule has 1 aromatic heterocycles. The Morgan fingerprint density at radius 2 is 2.10 bits per heavy atom. The van der Waals surface area contributed by atoms with E-state index in [1.54, 1.807) is 35.6 Å². The molecule has 2 aromatic rings. The summed E-state index contributed by atoms with van der Waals surface area (Å²) in [7, 11) is 0. The normalized spacial score (nSPS) is 13.9. The Morgan fingerprint density at radius 3 is 2.81 bits per heavy atom. The van der Waals surface area contributed by atoms with Crippen LogP contribution in [0.1, 0.15) is 11.7 Å². The van der Waals surface area contributed by atoms with Crippen molar-refractivity contribution in [1.29, 1.82) is 0 Å². The summed E-state index contributed by atoms with van der Waals surface area (Å²) in [6.07, 6.45) is -1.21. The van der Waals surface area contributed by atoms with E-state index in [1.165, 1.54) is 0 Å². The monoisotopic (exact) mass is 327 g/mol. The molecule has 3 N–H and O–H groups in total. The van der Waals surface area contributed by atoms with Gasteiger partial charge in [-0.25, -0.2) is 0 Å². The van der Waals surface area contributed by atoms with Crippen LogP contribution in [0.4, 0.5) is 0 Å². The second-order valence-corrected chi connectivity index (χ2v) is 5.87. The number of halogens is 1. The molecule has 6 heteroatoms. The first kappa shape index (κ1) is 16.3. The molecule has 114 valence electrons. The maximum Gasteiger partial charge on any atom is 0.120 e. The summed E-state index contributed by atoms with van der Waals surface area (Å²) >= 11 is 7.39. The molecule has 2 rings (SSSR count). The van der Waals surface area contributed by atoms with Crippen molar-refractivity contribution < 1.29 is 14.9 Å². The van der Waals surface area contributed by atoms with E-state index in [2.05, 4.69) is 5.32 Å². The maximum atomic E-state index is 9.88. The highest BCUT2D eigenvalue weighted by atomic mass is 35.5. The zero-order valence-corrected chi connectivity index (χ0v) is 13.0. The third-order valence-electron chi connectivity index (χ3n) is 2.88. The van der Waals surface area contributed by atoms with Crippen molar-refractivity contribution in [3.8, 4) is 5.75 Å². The molecule has 0 aliphatic carbocycles. The van der Waals surface area contributed by atoms with Gasteiger partial charge in [-0.2, -0.15) is 11.3 Å². The van der Waals surface area contributed by atoms with Crippen molar-refractivity contribution in [3.63, 3.8) is 0 Å². The predicted octanol–water partition coefficient (Wildman–Crippen LogP) is 2.46. The van der Waals surface area contributed by atoms with Gasteiger partial charge in [0, 0.05) is 18.1 Å². The average molecular weight is 328 g/mol. The summed E-state index contributed by atoms with van der Waals surface area (Å²) in [6.45, 7) is 0.911. The van der Waals surface area contributed by atoms with Gasteiger partial charge >= 0.3 is 0 Å². The van der Waals surface area contributed by atoms with Gasteiger partial charge < -0.3 is 20.3 Å². The molecule has 4 nitrogen and oxygen atoms in total. The van der Waals surface area contributed by atoms with Crippen molar-refractivity contribution in [1.82, 2.24) is 5.32 Å². The zero-order chi connectivity index (χ0) is 15.1. The van der Waals surface area contributed by atoms with Crippen LogP contribution < -0.4 is 10.1 Å². The highest BCUT2D eigenvalue weighted by Gasteiger charge is 2.10. The molecule has 0 aliphatic heterocycles. The van der Waals surface area contributed by atoms with Crippen LogP contribution in [0.25, 0.3) is 0 Å². The van der Waals surface area contributed by atoms with Crippen LogP contribution in [-0.2, 0) is 0 Å². The molecule has 2 unspecified atom stereocenters. The van der Waals surface area contributed by atoms with Crippen molar-refractivity contribution in [2.45, 2.75) is 12.2 Å². The Labute approximate surface area is 133 Å². The molecule has 0 aliphatic rings. The number of aliphatic hydroxyl groups is 2. The summed E-state index contributed by atoms with van der Waals surface area (Å²) in [4.78, 5) is 0. The van der Waals surface area contributed by atoms with Gasteiger partial charge in [-0.3, -0.25) is 0 Å². The van der Waals surface area contributed by atoms with Crippen LogP contribution >= 0.6 is 22.9 Å². The highest BCUT2D eigenvalue weighted by molar-refractivity contribution is 7.07. The van der Waals surface area contributed by atoms with E-state index < -0.39 is 12.2 Å². The third-order valence-corrected chi connectivity index (χ3v) is 3.82. The first-order chi connectivity index (χ1) is 10.1. The molecular weight excluding hydrogens is 310 g/mol. The van der Waals surface area contributed by atoms with Crippen molar-refractivity contribution >= 4 is 22.9 Å².